The molecule has 2 heterocycles. The molecular formula is C20H17N7S. The molecule has 0 amide bonds. The maximum atomic E-state index is 8.94. The number of nitriles is 1. The second-order valence-corrected chi connectivity index (χ2v) is 6.93. The summed E-state index contributed by atoms with van der Waals surface area (Å²) in [4.78, 5) is 0. The Bertz CT molecular complexity index is 1160. The van der Waals surface area contributed by atoms with Crippen LogP contribution in [0.15, 0.2) is 53.7 Å². The van der Waals surface area contributed by atoms with Crippen molar-refractivity contribution in [2.45, 2.75) is 25.4 Å². The van der Waals surface area contributed by atoms with Crippen LogP contribution in [0, 0.1) is 25.2 Å². The summed E-state index contributed by atoms with van der Waals surface area (Å²) >= 11 is 4.71. The molecule has 28 heavy (non-hydrogen) atoms. The number of thiol groups is 1. The molecule has 0 aliphatic rings. The molecular weight excluding hydrogens is 370 g/mol. The molecule has 0 unspecified atom stereocenters. The number of rotatable bonds is 4. The van der Waals surface area contributed by atoms with Gasteiger partial charge in [-0.15, -0.1) is 17.7 Å². The van der Waals surface area contributed by atoms with Crippen LogP contribution < -0.4 is 0 Å². The van der Waals surface area contributed by atoms with Gasteiger partial charge in [0.15, 0.2) is 5.82 Å². The predicted octanol–water partition coefficient (Wildman–Crippen LogP) is 3.35. The van der Waals surface area contributed by atoms with E-state index in [1.165, 1.54) is 0 Å². The Labute approximate surface area is 167 Å². The largest absolute Gasteiger partial charge is 0.226 e. The van der Waals surface area contributed by atoms with Gasteiger partial charge in [0.05, 0.1) is 35.6 Å². The highest BCUT2D eigenvalue weighted by atomic mass is 32.1. The molecule has 2 aromatic carbocycles. The maximum Gasteiger partial charge on any atom is 0.186 e. The lowest BCUT2D eigenvalue weighted by Gasteiger charge is -2.11. The lowest BCUT2D eigenvalue weighted by molar-refractivity contribution is 0.652. The molecule has 0 aliphatic heterocycles. The van der Waals surface area contributed by atoms with Crippen LogP contribution in [-0.4, -0.2) is 30.0 Å². The standard InChI is InChI=1S/C20H17N7S/c1-13-4-3-5-14(2)18(13)27-20(28)17(11-22-27)19-23-24-25-26(19)12-16-8-6-15(10-21)7-9-16/h3-9,11,28H,12H2,1-2H3. The number of benzene rings is 2. The van der Waals surface area contributed by atoms with Gasteiger partial charge in [0.1, 0.15) is 5.03 Å². The van der Waals surface area contributed by atoms with Crippen molar-refractivity contribution >= 4 is 12.6 Å². The fraction of sp³-hybridized carbons (Fsp3) is 0.150. The van der Waals surface area contributed by atoms with Crippen LogP contribution in [0.2, 0.25) is 0 Å². The third kappa shape index (κ3) is 3.17. The van der Waals surface area contributed by atoms with Crippen molar-refractivity contribution in [3.63, 3.8) is 0 Å². The van der Waals surface area contributed by atoms with E-state index in [-0.39, 0.29) is 0 Å². The Morgan fingerprint density at radius 2 is 1.79 bits per heavy atom. The second kappa shape index (κ2) is 7.29. The molecule has 0 spiro atoms. The molecule has 4 aromatic rings. The molecule has 0 saturated carbocycles. The topological polar surface area (TPSA) is 85.2 Å². The summed E-state index contributed by atoms with van der Waals surface area (Å²) in [6, 6.07) is 15.6. The summed E-state index contributed by atoms with van der Waals surface area (Å²) in [5.41, 5.74) is 5.60. The molecule has 0 atom stereocenters. The van der Waals surface area contributed by atoms with E-state index >= 15 is 0 Å². The number of hydrogen-bond donors (Lipinski definition) is 1. The van der Waals surface area contributed by atoms with Gasteiger partial charge in [0, 0.05) is 0 Å². The molecule has 0 radical (unpaired) electrons. The number of para-hydroxylation sites is 1. The lowest BCUT2D eigenvalue weighted by atomic mass is 10.1. The highest BCUT2D eigenvalue weighted by Gasteiger charge is 2.19. The van der Waals surface area contributed by atoms with Crippen molar-refractivity contribution in [2.24, 2.45) is 0 Å². The summed E-state index contributed by atoms with van der Waals surface area (Å²) in [5.74, 6) is 0.590. The summed E-state index contributed by atoms with van der Waals surface area (Å²) in [6.07, 6.45) is 1.73. The van der Waals surface area contributed by atoms with Gasteiger partial charge in [-0.2, -0.15) is 10.4 Å². The summed E-state index contributed by atoms with van der Waals surface area (Å²) in [6.45, 7) is 4.58. The molecule has 0 saturated heterocycles. The zero-order chi connectivity index (χ0) is 19.7. The fourth-order valence-electron chi connectivity index (χ4n) is 3.16. The monoisotopic (exact) mass is 387 g/mol. The normalized spacial score (nSPS) is 10.8. The molecule has 2 aromatic heterocycles. The van der Waals surface area contributed by atoms with E-state index in [9.17, 15) is 0 Å². The first-order valence-electron chi connectivity index (χ1n) is 8.67. The Kier molecular flexibility index (Phi) is 4.67. The molecule has 0 fully saturated rings. The molecule has 4 rings (SSSR count). The quantitative estimate of drug-likeness (QED) is 0.543. The third-order valence-corrected chi connectivity index (χ3v) is 5.01. The van der Waals surface area contributed by atoms with Crippen LogP contribution in [-0.2, 0) is 6.54 Å². The molecule has 8 heteroatoms. The summed E-state index contributed by atoms with van der Waals surface area (Å²) in [5, 5.41) is 26.3. The smallest absolute Gasteiger partial charge is 0.186 e. The minimum absolute atomic E-state index is 0.482. The lowest BCUT2D eigenvalue weighted by Crippen LogP contribution is -2.05. The van der Waals surface area contributed by atoms with Gasteiger partial charge in [-0.3, -0.25) is 0 Å². The zero-order valence-corrected chi connectivity index (χ0v) is 16.3. The van der Waals surface area contributed by atoms with E-state index in [1.54, 1.807) is 23.0 Å². The van der Waals surface area contributed by atoms with Crippen molar-refractivity contribution in [1.82, 2.24) is 30.0 Å². The highest BCUT2D eigenvalue weighted by Crippen LogP contribution is 2.29. The van der Waals surface area contributed by atoms with Crippen LogP contribution in [0.4, 0.5) is 0 Å². The Balaban J connectivity index is 1.71. The average molecular weight is 387 g/mol. The Hall–Kier alpha value is -3.44. The average Bonchev–Trinajstić information content (AvgIpc) is 3.29. The zero-order valence-electron chi connectivity index (χ0n) is 15.4. The van der Waals surface area contributed by atoms with Crippen molar-refractivity contribution in [1.29, 1.82) is 5.26 Å². The highest BCUT2D eigenvalue weighted by molar-refractivity contribution is 7.80. The number of aryl methyl sites for hydroxylation is 2. The van der Waals surface area contributed by atoms with E-state index in [0.717, 1.165) is 27.9 Å². The first kappa shape index (κ1) is 17.9. The van der Waals surface area contributed by atoms with Crippen LogP contribution in [0.1, 0.15) is 22.3 Å². The maximum absolute atomic E-state index is 8.94. The number of tetrazole rings is 1. The van der Waals surface area contributed by atoms with Crippen LogP contribution >= 0.6 is 12.6 Å². The summed E-state index contributed by atoms with van der Waals surface area (Å²) < 4.78 is 3.51. The first-order chi connectivity index (χ1) is 13.6. The van der Waals surface area contributed by atoms with Crippen molar-refractivity contribution < 1.29 is 0 Å². The van der Waals surface area contributed by atoms with Gasteiger partial charge in [-0.1, -0.05) is 30.3 Å². The van der Waals surface area contributed by atoms with Gasteiger partial charge in [-0.05, 0) is 53.1 Å². The van der Waals surface area contributed by atoms with Crippen LogP contribution in [0.25, 0.3) is 17.1 Å². The van der Waals surface area contributed by atoms with Crippen LogP contribution in [0.5, 0.6) is 0 Å². The third-order valence-electron chi connectivity index (χ3n) is 4.58. The van der Waals surface area contributed by atoms with E-state index in [4.69, 9.17) is 17.9 Å². The van der Waals surface area contributed by atoms with Crippen molar-refractivity contribution in [3.8, 4) is 23.1 Å². The molecule has 7 nitrogen and oxygen atoms in total. The fourth-order valence-corrected chi connectivity index (χ4v) is 3.47. The second-order valence-electron chi connectivity index (χ2n) is 6.50. The number of aromatic nitrogens is 6. The van der Waals surface area contributed by atoms with Gasteiger partial charge >= 0.3 is 0 Å². The predicted molar refractivity (Wildman–Crippen MR) is 107 cm³/mol. The molecule has 0 bridgehead atoms. The molecule has 138 valence electrons. The van der Waals surface area contributed by atoms with E-state index in [1.807, 2.05) is 48.9 Å². The Morgan fingerprint density at radius 3 is 2.46 bits per heavy atom. The van der Waals surface area contributed by atoms with E-state index in [2.05, 4.69) is 26.7 Å². The molecule has 0 N–H and O–H groups in total. The van der Waals surface area contributed by atoms with E-state index < -0.39 is 0 Å². The van der Waals surface area contributed by atoms with E-state index in [0.29, 0.717) is 23.0 Å². The minimum atomic E-state index is 0.482. The number of hydrogen-bond acceptors (Lipinski definition) is 6. The van der Waals surface area contributed by atoms with Gasteiger partial charge in [0.2, 0.25) is 0 Å². The minimum Gasteiger partial charge on any atom is -0.226 e. The van der Waals surface area contributed by atoms with Crippen molar-refractivity contribution in [3.05, 3.63) is 70.9 Å². The van der Waals surface area contributed by atoms with Gasteiger partial charge in [0.25, 0.3) is 0 Å². The SMILES string of the molecule is Cc1cccc(C)c1-n1ncc(-c2nnnn2Cc2ccc(C#N)cc2)c1S. The number of nitrogens with zero attached hydrogens (tertiary/aromatic N) is 7. The first-order valence-corrected chi connectivity index (χ1v) is 9.12. The van der Waals surface area contributed by atoms with Crippen molar-refractivity contribution in [2.75, 3.05) is 0 Å². The van der Waals surface area contributed by atoms with Gasteiger partial charge < -0.3 is 0 Å². The van der Waals surface area contributed by atoms with Gasteiger partial charge in [-0.25, -0.2) is 9.36 Å². The summed E-state index contributed by atoms with van der Waals surface area (Å²) in [7, 11) is 0. The molecule has 0 aliphatic carbocycles. The Morgan fingerprint density at radius 1 is 1.07 bits per heavy atom. The van der Waals surface area contributed by atoms with Crippen LogP contribution in [0.3, 0.4) is 0 Å².